The molecular weight excluding hydrogens is 429 g/mol. The topological polar surface area (TPSA) is 67.0 Å². The molecular formula is C28H28FN3O2. The monoisotopic (exact) mass is 457 g/mol. The molecule has 0 bridgehead atoms. The molecule has 5 rings (SSSR count). The van der Waals surface area contributed by atoms with E-state index in [1.54, 1.807) is 25.4 Å². The summed E-state index contributed by atoms with van der Waals surface area (Å²) in [4.78, 5) is 20.4. The number of hydrogen-bond donors (Lipinski definition) is 2. The van der Waals surface area contributed by atoms with E-state index in [1.807, 2.05) is 42.7 Å². The van der Waals surface area contributed by atoms with Crippen LogP contribution >= 0.6 is 0 Å². The molecule has 1 fully saturated rings. The van der Waals surface area contributed by atoms with Gasteiger partial charge in [0.05, 0.1) is 18.2 Å². The number of hydrogen-bond acceptors (Lipinski definition) is 3. The van der Waals surface area contributed by atoms with Crippen molar-refractivity contribution >= 4 is 16.8 Å². The van der Waals surface area contributed by atoms with Crippen LogP contribution in [0, 0.1) is 11.7 Å². The molecule has 0 aliphatic heterocycles. The van der Waals surface area contributed by atoms with Gasteiger partial charge in [0.15, 0.2) is 0 Å². The van der Waals surface area contributed by atoms with E-state index in [0.29, 0.717) is 23.9 Å². The molecule has 2 aromatic heterocycles. The second-order valence-electron chi connectivity index (χ2n) is 9.00. The number of amides is 1. The summed E-state index contributed by atoms with van der Waals surface area (Å²) >= 11 is 0. The molecule has 4 aromatic rings. The maximum atomic E-state index is 13.8. The third-order valence-electron chi connectivity index (χ3n) is 6.95. The highest BCUT2D eigenvalue weighted by atomic mass is 19.1. The number of nitrogens with zero attached hydrogens (tertiary/aromatic N) is 1. The van der Waals surface area contributed by atoms with Crippen LogP contribution in [0.1, 0.15) is 47.5 Å². The zero-order chi connectivity index (χ0) is 23.5. The first-order chi connectivity index (χ1) is 16.6. The van der Waals surface area contributed by atoms with Crippen molar-refractivity contribution in [2.24, 2.45) is 5.92 Å². The maximum absolute atomic E-state index is 13.8. The second kappa shape index (κ2) is 9.67. The number of pyridine rings is 1. The van der Waals surface area contributed by atoms with Crippen LogP contribution in [-0.2, 0) is 0 Å². The molecule has 2 aromatic carbocycles. The molecule has 0 spiro atoms. The standard InChI is InChI=1S/C28H28FN3O2/c1-34-22-4-2-3-20(13-22)25-16-30-17-26(25)28(33)32-15-18-5-7-19(8-6-18)23-11-12-31-27-10-9-21(29)14-24(23)27/h2-4,9-14,16-19,30H,5-8,15H2,1H3,(H,32,33). The Morgan fingerprint density at radius 3 is 2.79 bits per heavy atom. The number of nitrogens with one attached hydrogen (secondary N) is 2. The number of carbonyl (C=O) groups is 1. The average Bonchev–Trinajstić information content (AvgIpc) is 3.37. The Morgan fingerprint density at radius 2 is 1.97 bits per heavy atom. The van der Waals surface area contributed by atoms with E-state index in [4.69, 9.17) is 4.74 Å². The minimum Gasteiger partial charge on any atom is -0.497 e. The minimum absolute atomic E-state index is 0.0724. The minimum atomic E-state index is -0.226. The van der Waals surface area contributed by atoms with E-state index in [0.717, 1.165) is 53.5 Å². The van der Waals surface area contributed by atoms with Crippen LogP contribution in [0.2, 0.25) is 0 Å². The molecule has 0 radical (unpaired) electrons. The lowest BCUT2D eigenvalue weighted by atomic mass is 9.78. The van der Waals surface area contributed by atoms with E-state index in [2.05, 4.69) is 15.3 Å². The number of methoxy groups -OCH3 is 1. The molecule has 1 aliphatic carbocycles. The molecule has 0 saturated heterocycles. The van der Waals surface area contributed by atoms with Gasteiger partial charge in [-0.1, -0.05) is 12.1 Å². The number of rotatable bonds is 6. The van der Waals surface area contributed by atoms with Gasteiger partial charge in [-0.2, -0.15) is 0 Å². The molecule has 2 heterocycles. The zero-order valence-electron chi connectivity index (χ0n) is 19.2. The van der Waals surface area contributed by atoms with Crippen LogP contribution in [0.3, 0.4) is 0 Å². The van der Waals surface area contributed by atoms with E-state index in [9.17, 15) is 9.18 Å². The summed E-state index contributed by atoms with van der Waals surface area (Å²) in [5.41, 5.74) is 4.45. The van der Waals surface area contributed by atoms with Gasteiger partial charge in [-0.15, -0.1) is 0 Å². The highest BCUT2D eigenvalue weighted by Gasteiger charge is 2.25. The van der Waals surface area contributed by atoms with Crippen molar-refractivity contribution < 1.29 is 13.9 Å². The quantitative estimate of drug-likeness (QED) is 0.369. The van der Waals surface area contributed by atoms with Gasteiger partial charge in [-0.05, 0) is 85.0 Å². The number of carbonyl (C=O) groups excluding carboxylic acids is 1. The molecule has 34 heavy (non-hydrogen) atoms. The Kier molecular flexibility index (Phi) is 6.30. The van der Waals surface area contributed by atoms with Crippen molar-refractivity contribution in [3.05, 3.63) is 84.1 Å². The molecule has 1 saturated carbocycles. The highest BCUT2D eigenvalue weighted by molar-refractivity contribution is 6.00. The van der Waals surface area contributed by atoms with Gasteiger partial charge in [-0.25, -0.2) is 4.39 Å². The fourth-order valence-electron chi connectivity index (χ4n) is 5.09. The van der Waals surface area contributed by atoms with Crippen molar-refractivity contribution in [2.75, 3.05) is 13.7 Å². The van der Waals surface area contributed by atoms with Crippen molar-refractivity contribution in [3.63, 3.8) is 0 Å². The van der Waals surface area contributed by atoms with Gasteiger partial charge < -0.3 is 15.0 Å². The number of halogens is 1. The first-order valence-electron chi connectivity index (χ1n) is 11.8. The summed E-state index contributed by atoms with van der Waals surface area (Å²) in [6.07, 6.45) is 9.51. The molecule has 6 heteroatoms. The molecule has 0 unspecified atom stereocenters. The summed E-state index contributed by atoms with van der Waals surface area (Å²) < 4.78 is 19.2. The fourth-order valence-corrected chi connectivity index (χ4v) is 5.09. The van der Waals surface area contributed by atoms with E-state index < -0.39 is 0 Å². The van der Waals surface area contributed by atoms with Gasteiger partial charge in [0.1, 0.15) is 11.6 Å². The third-order valence-corrected chi connectivity index (χ3v) is 6.95. The van der Waals surface area contributed by atoms with Crippen LogP contribution in [0.25, 0.3) is 22.0 Å². The maximum Gasteiger partial charge on any atom is 0.253 e. The summed E-state index contributed by atoms with van der Waals surface area (Å²) in [5.74, 6) is 1.28. The molecule has 1 amide bonds. The van der Waals surface area contributed by atoms with Crippen LogP contribution < -0.4 is 10.1 Å². The SMILES string of the molecule is COc1cccc(-c2c[nH]cc2C(=O)NCC2CCC(c3ccnc4ccc(F)cc34)CC2)c1. The Labute approximate surface area is 198 Å². The first-order valence-corrected chi connectivity index (χ1v) is 11.8. The van der Waals surface area contributed by atoms with E-state index in [-0.39, 0.29) is 11.7 Å². The number of ether oxygens (including phenoxy) is 1. The summed E-state index contributed by atoms with van der Waals surface area (Å²) in [6, 6.07) is 14.5. The van der Waals surface area contributed by atoms with Gasteiger partial charge >= 0.3 is 0 Å². The molecule has 5 nitrogen and oxygen atoms in total. The number of aromatic nitrogens is 2. The summed E-state index contributed by atoms with van der Waals surface area (Å²) in [5, 5.41) is 4.05. The lowest BCUT2D eigenvalue weighted by molar-refractivity contribution is 0.0943. The Bertz CT molecular complexity index is 1310. The van der Waals surface area contributed by atoms with Crippen molar-refractivity contribution in [1.82, 2.24) is 15.3 Å². The predicted octanol–water partition coefficient (Wildman–Crippen LogP) is 6.08. The lowest BCUT2D eigenvalue weighted by Crippen LogP contribution is -2.31. The summed E-state index contributed by atoms with van der Waals surface area (Å²) in [6.45, 7) is 0.653. The van der Waals surface area contributed by atoms with Crippen molar-refractivity contribution in [2.45, 2.75) is 31.6 Å². The zero-order valence-corrected chi connectivity index (χ0v) is 19.2. The average molecular weight is 458 g/mol. The second-order valence-corrected chi connectivity index (χ2v) is 9.00. The molecule has 0 atom stereocenters. The van der Waals surface area contributed by atoms with Gasteiger partial charge in [0, 0.05) is 36.1 Å². The molecule has 2 N–H and O–H groups in total. The Hall–Kier alpha value is -3.67. The van der Waals surface area contributed by atoms with Gasteiger partial charge in [0.25, 0.3) is 5.91 Å². The van der Waals surface area contributed by atoms with Gasteiger partial charge in [0.2, 0.25) is 0 Å². The lowest BCUT2D eigenvalue weighted by Gasteiger charge is -2.29. The van der Waals surface area contributed by atoms with E-state index >= 15 is 0 Å². The van der Waals surface area contributed by atoms with Crippen molar-refractivity contribution in [3.8, 4) is 16.9 Å². The van der Waals surface area contributed by atoms with Gasteiger partial charge in [-0.3, -0.25) is 9.78 Å². The number of fused-ring (bicyclic) bond motifs is 1. The number of aromatic amines is 1. The highest BCUT2D eigenvalue weighted by Crippen LogP contribution is 2.38. The fraction of sp³-hybridized carbons (Fsp3) is 0.286. The van der Waals surface area contributed by atoms with Crippen LogP contribution in [-0.4, -0.2) is 29.5 Å². The number of H-pyrrole nitrogens is 1. The first kappa shape index (κ1) is 22.1. The largest absolute Gasteiger partial charge is 0.497 e. The molecule has 1 aliphatic rings. The smallest absolute Gasteiger partial charge is 0.253 e. The van der Waals surface area contributed by atoms with E-state index in [1.165, 1.54) is 11.6 Å². The molecule has 174 valence electrons. The predicted molar refractivity (Wildman–Crippen MR) is 132 cm³/mol. The normalized spacial score (nSPS) is 18.1. The third kappa shape index (κ3) is 4.53. The summed E-state index contributed by atoms with van der Waals surface area (Å²) in [7, 11) is 1.63. The number of benzene rings is 2. The Balaban J connectivity index is 1.21. The Morgan fingerprint density at radius 1 is 1.12 bits per heavy atom. The van der Waals surface area contributed by atoms with Crippen LogP contribution in [0.5, 0.6) is 5.75 Å². The van der Waals surface area contributed by atoms with Crippen LogP contribution in [0.15, 0.2) is 67.1 Å². The van der Waals surface area contributed by atoms with Crippen LogP contribution in [0.4, 0.5) is 4.39 Å². The van der Waals surface area contributed by atoms with Crippen molar-refractivity contribution in [1.29, 1.82) is 0 Å².